The first kappa shape index (κ1) is 14.0. The monoisotopic (exact) mass is 199 g/mol. The summed E-state index contributed by atoms with van der Waals surface area (Å²) in [5.41, 5.74) is 0. The first-order valence-electron chi connectivity index (χ1n) is 6.37. The Kier molecular flexibility index (Phi) is 9.49. The lowest BCUT2D eigenvalue weighted by Gasteiger charge is -2.12. The Hall–Kier alpha value is -0.0400. The van der Waals surface area contributed by atoms with Gasteiger partial charge in [0.05, 0.1) is 0 Å². The zero-order chi connectivity index (χ0) is 10.8. The molecule has 0 aliphatic rings. The van der Waals surface area contributed by atoms with Crippen molar-refractivity contribution in [2.45, 2.75) is 59.8 Å². The molecule has 0 amide bonds. The maximum absolute atomic E-state index is 3.47. The molecule has 0 saturated carbocycles. The molecule has 0 rings (SSSR count). The second kappa shape index (κ2) is 9.51. The van der Waals surface area contributed by atoms with Crippen LogP contribution in [0.1, 0.15) is 59.8 Å². The van der Waals surface area contributed by atoms with Crippen molar-refractivity contribution in [3.05, 3.63) is 0 Å². The van der Waals surface area contributed by atoms with Crippen LogP contribution in [0.25, 0.3) is 0 Å². The summed E-state index contributed by atoms with van der Waals surface area (Å²) in [6, 6.07) is 0. The summed E-state index contributed by atoms with van der Waals surface area (Å²) in [4.78, 5) is 0. The van der Waals surface area contributed by atoms with Gasteiger partial charge in [-0.1, -0.05) is 47.0 Å². The van der Waals surface area contributed by atoms with Crippen LogP contribution < -0.4 is 5.32 Å². The van der Waals surface area contributed by atoms with Crippen LogP contribution in [-0.2, 0) is 0 Å². The highest BCUT2D eigenvalue weighted by Crippen LogP contribution is 2.14. The number of rotatable bonds is 9. The van der Waals surface area contributed by atoms with E-state index in [1.165, 1.54) is 45.2 Å². The molecule has 0 aliphatic heterocycles. The molecule has 0 aromatic carbocycles. The van der Waals surface area contributed by atoms with Gasteiger partial charge in [-0.05, 0) is 37.8 Å². The normalized spacial score (nSPS) is 13.5. The van der Waals surface area contributed by atoms with Gasteiger partial charge in [-0.15, -0.1) is 0 Å². The summed E-state index contributed by atoms with van der Waals surface area (Å²) in [5, 5.41) is 3.47. The smallest absolute Gasteiger partial charge is 0.00464 e. The van der Waals surface area contributed by atoms with Crippen molar-refractivity contribution >= 4 is 0 Å². The molecule has 1 nitrogen and oxygen atoms in total. The molecule has 1 heteroatoms. The number of hydrogen-bond acceptors (Lipinski definition) is 1. The second-order valence-corrected chi connectivity index (χ2v) is 4.97. The van der Waals surface area contributed by atoms with Gasteiger partial charge in [0, 0.05) is 0 Å². The lowest BCUT2D eigenvalue weighted by Crippen LogP contribution is -2.18. The van der Waals surface area contributed by atoms with Crippen molar-refractivity contribution in [3.63, 3.8) is 0 Å². The summed E-state index contributed by atoms with van der Waals surface area (Å²) in [5.74, 6) is 1.78. The Morgan fingerprint density at radius 1 is 0.929 bits per heavy atom. The van der Waals surface area contributed by atoms with Crippen LogP contribution in [0.3, 0.4) is 0 Å². The van der Waals surface area contributed by atoms with E-state index in [1.54, 1.807) is 0 Å². The minimum absolute atomic E-state index is 0.875. The van der Waals surface area contributed by atoms with Gasteiger partial charge < -0.3 is 5.32 Å². The van der Waals surface area contributed by atoms with E-state index in [9.17, 15) is 0 Å². The van der Waals surface area contributed by atoms with Gasteiger partial charge in [0.15, 0.2) is 0 Å². The Bertz CT molecular complexity index is 110. The summed E-state index contributed by atoms with van der Waals surface area (Å²) in [6.45, 7) is 11.6. The third-order valence-corrected chi connectivity index (χ3v) is 2.72. The SMILES string of the molecule is CCCNCCC(C)CCCC(C)C. The van der Waals surface area contributed by atoms with E-state index >= 15 is 0 Å². The Morgan fingerprint density at radius 3 is 2.21 bits per heavy atom. The van der Waals surface area contributed by atoms with Crippen LogP contribution in [-0.4, -0.2) is 13.1 Å². The number of hydrogen-bond donors (Lipinski definition) is 1. The van der Waals surface area contributed by atoms with E-state index in [-0.39, 0.29) is 0 Å². The van der Waals surface area contributed by atoms with Crippen molar-refractivity contribution < 1.29 is 0 Å². The maximum Gasteiger partial charge on any atom is -0.00464 e. The quantitative estimate of drug-likeness (QED) is 0.556. The highest BCUT2D eigenvalue weighted by molar-refractivity contribution is 4.57. The molecule has 1 atom stereocenters. The van der Waals surface area contributed by atoms with E-state index in [0.29, 0.717) is 0 Å². The maximum atomic E-state index is 3.47. The third-order valence-electron chi connectivity index (χ3n) is 2.72. The van der Waals surface area contributed by atoms with Crippen molar-refractivity contribution in [1.82, 2.24) is 5.32 Å². The van der Waals surface area contributed by atoms with Crippen LogP contribution >= 0.6 is 0 Å². The highest BCUT2D eigenvalue weighted by atomic mass is 14.8. The van der Waals surface area contributed by atoms with Crippen molar-refractivity contribution in [2.75, 3.05) is 13.1 Å². The van der Waals surface area contributed by atoms with Gasteiger partial charge in [0.1, 0.15) is 0 Å². The van der Waals surface area contributed by atoms with E-state index in [2.05, 4.69) is 33.0 Å². The fourth-order valence-electron chi connectivity index (χ4n) is 1.67. The molecule has 14 heavy (non-hydrogen) atoms. The van der Waals surface area contributed by atoms with Crippen molar-refractivity contribution in [2.24, 2.45) is 11.8 Å². The number of nitrogens with one attached hydrogen (secondary N) is 1. The van der Waals surface area contributed by atoms with Gasteiger partial charge in [-0.3, -0.25) is 0 Å². The molecule has 0 aromatic heterocycles. The predicted octanol–water partition coefficient (Wildman–Crippen LogP) is 3.84. The van der Waals surface area contributed by atoms with Crippen LogP contribution in [0, 0.1) is 11.8 Å². The van der Waals surface area contributed by atoms with Crippen LogP contribution in [0.5, 0.6) is 0 Å². The zero-order valence-electron chi connectivity index (χ0n) is 10.6. The molecule has 0 heterocycles. The molecular formula is C13H29N. The minimum atomic E-state index is 0.875. The van der Waals surface area contributed by atoms with Gasteiger partial charge in [-0.2, -0.15) is 0 Å². The Balaban J connectivity index is 3.15. The Morgan fingerprint density at radius 2 is 1.64 bits per heavy atom. The largest absolute Gasteiger partial charge is 0.317 e. The summed E-state index contributed by atoms with van der Waals surface area (Å²) < 4.78 is 0. The minimum Gasteiger partial charge on any atom is -0.317 e. The molecule has 0 aliphatic carbocycles. The van der Waals surface area contributed by atoms with Crippen molar-refractivity contribution in [3.8, 4) is 0 Å². The zero-order valence-corrected chi connectivity index (χ0v) is 10.6. The third kappa shape index (κ3) is 10.0. The fourth-order valence-corrected chi connectivity index (χ4v) is 1.67. The van der Waals surface area contributed by atoms with Crippen LogP contribution in [0.15, 0.2) is 0 Å². The van der Waals surface area contributed by atoms with E-state index in [0.717, 1.165) is 11.8 Å². The van der Waals surface area contributed by atoms with Gasteiger partial charge in [-0.25, -0.2) is 0 Å². The average molecular weight is 199 g/mol. The van der Waals surface area contributed by atoms with Gasteiger partial charge in [0.2, 0.25) is 0 Å². The molecule has 86 valence electrons. The van der Waals surface area contributed by atoms with E-state index in [1.807, 2.05) is 0 Å². The predicted molar refractivity (Wildman–Crippen MR) is 65.6 cm³/mol. The van der Waals surface area contributed by atoms with Gasteiger partial charge in [0.25, 0.3) is 0 Å². The molecular weight excluding hydrogens is 170 g/mol. The average Bonchev–Trinajstić information content (AvgIpc) is 2.12. The van der Waals surface area contributed by atoms with Crippen molar-refractivity contribution in [1.29, 1.82) is 0 Å². The van der Waals surface area contributed by atoms with E-state index < -0.39 is 0 Å². The lowest BCUT2D eigenvalue weighted by molar-refractivity contribution is 0.426. The first-order chi connectivity index (χ1) is 6.66. The summed E-state index contributed by atoms with van der Waals surface area (Å²) >= 11 is 0. The molecule has 1 unspecified atom stereocenters. The molecule has 0 aromatic rings. The molecule has 0 radical (unpaired) electrons. The molecule has 0 bridgehead atoms. The van der Waals surface area contributed by atoms with Crippen LogP contribution in [0.4, 0.5) is 0 Å². The van der Waals surface area contributed by atoms with Crippen LogP contribution in [0.2, 0.25) is 0 Å². The van der Waals surface area contributed by atoms with Gasteiger partial charge >= 0.3 is 0 Å². The summed E-state index contributed by atoms with van der Waals surface area (Å²) in [6.07, 6.45) is 6.81. The first-order valence-corrected chi connectivity index (χ1v) is 6.37. The lowest BCUT2D eigenvalue weighted by atomic mass is 9.97. The molecule has 0 fully saturated rings. The standard InChI is InChI=1S/C13H29N/c1-5-10-14-11-9-13(4)8-6-7-12(2)3/h12-14H,5-11H2,1-4H3. The molecule has 0 saturated heterocycles. The summed E-state index contributed by atoms with van der Waals surface area (Å²) in [7, 11) is 0. The fraction of sp³-hybridized carbons (Fsp3) is 1.00. The topological polar surface area (TPSA) is 12.0 Å². The molecule has 0 spiro atoms. The highest BCUT2D eigenvalue weighted by Gasteiger charge is 2.02. The van der Waals surface area contributed by atoms with E-state index in [4.69, 9.17) is 0 Å². The Labute approximate surface area is 90.7 Å². The second-order valence-electron chi connectivity index (χ2n) is 4.97. The molecule has 1 N–H and O–H groups in total.